The van der Waals surface area contributed by atoms with Crippen molar-refractivity contribution in [2.24, 2.45) is 11.8 Å². The number of nitrogens with zero attached hydrogens (tertiary/aromatic N) is 1. The van der Waals surface area contributed by atoms with Crippen molar-refractivity contribution in [2.45, 2.75) is 39.5 Å². The normalized spacial score (nSPS) is 15.7. The monoisotopic (exact) mass is 316 g/mol. The van der Waals surface area contributed by atoms with Crippen molar-refractivity contribution in [3.63, 3.8) is 0 Å². The Morgan fingerprint density at radius 3 is 2.43 bits per heavy atom. The van der Waals surface area contributed by atoms with Crippen LogP contribution in [0.4, 0.5) is 0 Å². The topological polar surface area (TPSA) is 49.4 Å². The lowest BCUT2D eigenvalue weighted by Crippen LogP contribution is -2.44. The molecule has 1 heterocycles. The fraction of sp³-hybridized carbons (Fsp3) is 0.579. The summed E-state index contributed by atoms with van der Waals surface area (Å²) < 4.78 is 0. The van der Waals surface area contributed by atoms with Crippen LogP contribution in [-0.4, -0.2) is 36.3 Å². The fourth-order valence-electron chi connectivity index (χ4n) is 3.06. The van der Waals surface area contributed by atoms with Crippen molar-refractivity contribution in [3.8, 4) is 0 Å². The van der Waals surface area contributed by atoms with Gasteiger partial charge in [0, 0.05) is 19.5 Å². The number of likely N-dealkylation sites (tertiary alicyclic amines) is 1. The second-order valence-electron chi connectivity index (χ2n) is 6.89. The van der Waals surface area contributed by atoms with Gasteiger partial charge in [0.05, 0.1) is 6.54 Å². The molecule has 0 radical (unpaired) electrons. The Morgan fingerprint density at radius 2 is 1.83 bits per heavy atom. The number of piperidine rings is 1. The molecule has 23 heavy (non-hydrogen) atoms. The number of hydrogen-bond donors (Lipinski definition) is 1. The van der Waals surface area contributed by atoms with Gasteiger partial charge in [0.25, 0.3) is 0 Å². The van der Waals surface area contributed by atoms with Crippen molar-refractivity contribution in [2.75, 3.05) is 19.6 Å². The number of nitrogens with one attached hydrogen (secondary N) is 1. The van der Waals surface area contributed by atoms with E-state index in [4.69, 9.17) is 0 Å². The maximum absolute atomic E-state index is 12.2. The Hall–Kier alpha value is -1.84. The molecule has 1 aromatic rings. The average Bonchev–Trinajstić information content (AvgIpc) is 2.54. The number of carbonyl (C=O) groups is 2. The van der Waals surface area contributed by atoms with Crippen molar-refractivity contribution < 1.29 is 9.59 Å². The number of carbonyl (C=O) groups excluding carboxylic acids is 2. The molecule has 1 saturated heterocycles. The van der Waals surface area contributed by atoms with E-state index in [1.165, 1.54) is 5.56 Å². The number of rotatable bonds is 6. The minimum absolute atomic E-state index is 0.0349. The SMILES string of the molecule is CC(C)CC(=O)NCC(=O)N1CCC(Cc2ccccc2)CC1. The highest BCUT2D eigenvalue weighted by atomic mass is 16.2. The van der Waals surface area contributed by atoms with E-state index in [1.54, 1.807) is 0 Å². The lowest BCUT2D eigenvalue weighted by molar-refractivity contribution is -0.134. The van der Waals surface area contributed by atoms with Crippen LogP contribution in [-0.2, 0) is 16.0 Å². The van der Waals surface area contributed by atoms with E-state index in [0.29, 0.717) is 18.3 Å². The fourth-order valence-corrected chi connectivity index (χ4v) is 3.06. The third-order valence-corrected chi connectivity index (χ3v) is 4.36. The summed E-state index contributed by atoms with van der Waals surface area (Å²) in [7, 11) is 0. The first-order chi connectivity index (χ1) is 11.0. The van der Waals surface area contributed by atoms with Gasteiger partial charge >= 0.3 is 0 Å². The van der Waals surface area contributed by atoms with Crippen molar-refractivity contribution >= 4 is 11.8 Å². The van der Waals surface area contributed by atoms with E-state index in [2.05, 4.69) is 29.6 Å². The van der Waals surface area contributed by atoms with Gasteiger partial charge < -0.3 is 10.2 Å². The molecule has 0 saturated carbocycles. The molecule has 0 atom stereocenters. The molecule has 4 nitrogen and oxygen atoms in total. The first-order valence-corrected chi connectivity index (χ1v) is 8.63. The standard InChI is InChI=1S/C19H28N2O2/c1-15(2)12-18(22)20-14-19(23)21-10-8-17(9-11-21)13-16-6-4-3-5-7-16/h3-7,15,17H,8-14H2,1-2H3,(H,20,22). The van der Waals surface area contributed by atoms with Crippen LogP contribution in [0.25, 0.3) is 0 Å². The quantitative estimate of drug-likeness (QED) is 0.877. The van der Waals surface area contributed by atoms with E-state index in [0.717, 1.165) is 32.4 Å². The summed E-state index contributed by atoms with van der Waals surface area (Å²) in [4.78, 5) is 25.7. The second-order valence-corrected chi connectivity index (χ2v) is 6.89. The van der Waals surface area contributed by atoms with Gasteiger partial charge in [0.2, 0.25) is 11.8 Å². The Labute approximate surface area is 139 Å². The van der Waals surface area contributed by atoms with Gasteiger partial charge in [-0.1, -0.05) is 44.2 Å². The molecule has 1 aromatic carbocycles. The highest BCUT2D eigenvalue weighted by Crippen LogP contribution is 2.21. The largest absolute Gasteiger partial charge is 0.347 e. The van der Waals surface area contributed by atoms with Crippen LogP contribution >= 0.6 is 0 Å². The van der Waals surface area contributed by atoms with Crippen LogP contribution in [0.5, 0.6) is 0 Å². The molecule has 0 spiro atoms. The molecule has 0 bridgehead atoms. The highest BCUT2D eigenvalue weighted by Gasteiger charge is 2.23. The van der Waals surface area contributed by atoms with E-state index in [1.807, 2.05) is 24.8 Å². The van der Waals surface area contributed by atoms with Crippen LogP contribution < -0.4 is 5.32 Å². The van der Waals surface area contributed by atoms with Crippen molar-refractivity contribution in [1.29, 1.82) is 0 Å². The molecule has 1 N–H and O–H groups in total. The maximum Gasteiger partial charge on any atom is 0.241 e. The van der Waals surface area contributed by atoms with Gasteiger partial charge in [0.1, 0.15) is 0 Å². The van der Waals surface area contributed by atoms with Crippen molar-refractivity contribution in [1.82, 2.24) is 10.2 Å². The summed E-state index contributed by atoms with van der Waals surface area (Å²) in [6.07, 6.45) is 3.65. The predicted octanol–water partition coefficient (Wildman–Crippen LogP) is 2.63. The average molecular weight is 316 g/mol. The summed E-state index contributed by atoms with van der Waals surface area (Å²) >= 11 is 0. The number of amides is 2. The zero-order chi connectivity index (χ0) is 16.7. The highest BCUT2D eigenvalue weighted by molar-refractivity contribution is 5.84. The molecule has 1 aliphatic heterocycles. The zero-order valence-electron chi connectivity index (χ0n) is 14.3. The molecule has 0 aromatic heterocycles. The Morgan fingerprint density at radius 1 is 1.17 bits per heavy atom. The van der Waals surface area contributed by atoms with Crippen LogP contribution in [0.1, 0.15) is 38.7 Å². The third-order valence-electron chi connectivity index (χ3n) is 4.36. The molecule has 1 aliphatic rings. The molecule has 0 unspecified atom stereocenters. The van der Waals surface area contributed by atoms with Gasteiger partial charge in [-0.15, -0.1) is 0 Å². The van der Waals surface area contributed by atoms with E-state index in [-0.39, 0.29) is 18.4 Å². The lowest BCUT2D eigenvalue weighted by atomic mass is 9.90. The lowest BCUT2D eigenvalue weighted by Gasteiger charge is -2.32. The summed E-state index contributed by atoms with van der Waals surface area (Å²) in [6.45, 7) is 5.74. The zero-order valence-corrected chi connectivity index (χ0v) is 14.3. The van der Waals surface area contributed by atoms with Gasteiger partial charge in [0.15, 0.2) is 0 Å². The first kappa shape index (κ1) is 17.5. The number of hydrogen-bond acceptors (Lipinski definition) is 2. The molecule has 1 fully saturated rings. The summed E-state index contributed by atoms with van der Waals surface area (Å²) in [5.41, 5.74) is 1.37. The first-order valence-electron chi connectivity index (χ1n) is 8.63. The van der Waals surface area contributed by atoms with E-state index < -0.39 is 0 Å². The maximum atomic E-state index is 12.2. The van der Waals surface area contributed by atoms with E-state index in [9.17, 15) is 9.59 Å². The molecule has 2 rings (SSSR count). The van der Waals surface area contributed by atoms with E-state index >= 15 is 0 Å². The molecule has 4 heteroatoms. The minimum Gasteiger partial charge on any atom is -0.347 e. The number of benzene rings is 1. The van der Waals surface area contributed by atoms with Gasteiger partial charge in [-0.3, -0.25) is 9.59 Å². The molecule has 2 amide bonds. The third kappa shape index (κ3) is 6.05. The molecule has 126 valence electrons. The predicted molar refractivity (Wildman–Crippen MR) is 91.9 cm³/mol. The van der Waals surface area contributed by atoms with Crippen LogP contribution in [0.3, 0.4) is 0 Å². The molecule has 0 aliphatic carbocycles. The van der Waals surface area contributed by atoms with Crippen molar-refractivity contribution in [3.05, 3.63) is 35.9 Å². The van der Waals surface area contributed by atoms with Crippen LogP contribution in [0, 0.1) is 11.8 Å². The van der Waals surface area contributed by atoms with Crippen LogP contribution in [0.2, 0.25) is 0 Å². The van der Waals surface area contributed by atoms with Gasteiger partial charge in [-0.05, 0) is 36.7 Å². The Bertz CT molecular complexity index is 505. The smallest absolute Gasteiger partial charge is 0.241 e. The summed E-state index contributed by atoms with van der Waals surface area (Å²) in [5, 5.41) is 2.73. The second kappa shape index (κ2) is 8.70. The Balaban J connectivity index is 1.69. The Kier molecular flexibility index (Phi) is 6.63. The summed E-state index contributed by atoms with van der Waals surface area (Å²) in [5.74, 6) is 0.975. The van der Waals surface area contributed by atoms with Gasteiger partial charge in [-0.25, -0.2) is 0 Å². The summed E-state index contributed by atoms with van der Waals surface area (Å²) in [6, 6.07) is 10.5. The van der Waals surface area contributed by atoms with Gasteiger partial charge in [-0.2, -0.15) is 0 Å². The molecular weight excluding hydrogens is 288 g/mol. The molecular formula is C19H28N2O2. The minimum atomic E-state index is -0.0349. The van der Waals surface area contributed by atoms with Crippen LogP contribution in [0.15, 0.2) is 30.3 Å².